The molecule has 1 aliphatic heterocycles. The van der Waals surface area contributed by atoms with Crippen molar-refractivity contribution in [2.45, 2.75) is 13.5 Å². The van der Waals surface area contributed by atoms with Crippen LogP contribution < -0.4 is 11.1 Å². The van der Waals surface area contributed by atoms with Crippen molar-refractivity contribution in [3.63, 3.8) is 0 Å². The van der Waals surface area contributed by atoms with E-state index in [1.165, 1.54) is 0 Å². The number of rotatable bonds is 1. The SMILES string of the molecule is Cc1ccc2oc(-c3ccc4cc5n(c4c3)CCNC5=O)nc2c1N. The molecule has 5 rings (SSSR count). The fraction of sp³-hybridized carbons (Fsp3) is 0.158. The van der Waals surface area contributed by atoms with E-state index in [-0.39, 0.29) is 5.91 Å². The zero-order valence-electron chi connectivity index (χ0n) is 13.7. The number of aromatic nitrogens is 2. The Morgan fingerprint density at radius 2 is 2.12 bits per heavy atom. The van der Waals surface area contributed by atoms with E-state index in [4.69, 9.17) is 10.2 Å². The minimum atomic E-state index is -0.0332. The molecular formula is C19H16N4O2. The average molecular weight is 332 g/mol. The van der Waals surface area contributed by atoms with Crippen LogP contribution in [0, 0.1) is 6.92 Å². The zero-order chi connectivity index (χ0) is 17.1. The normalized spacial score (nSPS) is 14.0. The molecule has 1 amide bonds. The number of hydrogen-bond donors (Lipinski definition) is 2. The molecule has 0 saturated carbocycles. The third kappa shape index (κ3) is 1.97. The number of nitrogens with two attached hydrogens (primary N) is 1. The van der Waals surface area contributed by atoms with Crippen LogP contribution in [0.25, 0.3) is 33.5 Å². The Balaban J connectivity index is 1.71. The van der Waals surface area contributed by atoms with Gasteiger partial charge in [0.2, 0.25) is 5.89 Å². The minimum absolute atomic E-state index is 0.0332. The second kappa shape index (κ2) is 4.86. The van der Waals surface area contributed by atoms with E-state index >= 15 is 0 Å². The Morgan fingerprint density at radius 3 is 3.00 bits per heavy atom. The lowest BCUT2D eigenvalue weighted by Crippen LogP contribution is -2.34. The topological polar surface area (TPSA) is 86.1 Å². The van der Waals surface area contributed by atoms with Gasteiger partial charge in [-0.2, -0.15) is 0 Å². The third-order valence-electron chi connectivity index (χ3n) is 4.82. The van der Waals surface area contributed by atoms with E-state index in [2.05, 4.69) is 10.3 Å². The molecule has 3 heterocycles. The second-order valence-electron chi connectivity index (χ2n) is 6.37. The lowest BCUT2D eigenvalue weighted by atomic mass is 10.1. The summed E-state index contributed by atoms with van der Waals surface area (Å²) in [6, 6.07) is 11.7. The van der Waals surface area contributed by atoms with E-state index in [1.54, 1.807) is 0 Å². The van der Waals surface area contributed by atoms with Gasteiger partial charge in [0.05, 0.1) is 5.69 Å². The summed E-state index contributed by atoms with van der Waals surface area (Å²) in [5.74, 6) is 0.499. The smallest absolute Gasteiger partial charge is 0.268 e. The first-order chi connectivity index (χ1) is 12.1. The molecule has 0 saturated heterocycles. The third-order valence-corrected chi connectivity index (χ3v) is 4.82. The quantitative estimate of drug-likeness (QED) is 0.525. The predicted octanol–water partition coefficient (Wildman–Crippen LogP) is 3.08. The summed E-state index contributed by atoms with van der Waals surface area (Å²) in [6.45, 7) is 3.35. The van der Waals surface area contributed by atoms with Gasteiger partial charge in [0.25, 0.3) is 5.91 Å². The van der Waals surface area contributed by atoms with Gasteiger partial charge in [-0.05, 0) is 36.8 Å². The van der Waals surface area contributed by atoms with Gasteiger partial charge in [-0.15, -0.1) is 0 Å². The maximum atomic E-state index is 12.0. The van der Waals surface area contributed by atoms with Gasteiger partial charge in [-0.25, -0.2) is 4.98 Å². The summed E-state index contributed by atoms with van der Waals surface area (Å²) < 4.78 is 7.94. The van der Waals surface area contributed by atoms with Crippen LogP contribution in [-0.4, -0.2) is 22.0 Å². The van der Waals surface area contributed by atoms with Crippen molar-refractivity contribution in [3.8, 4) is 11.5 Å². The highest BCUT2D eigenvalue weighted by Crippen LogP contribution is 2.32. The molecule has 0 atom stereocenters. The number of anilines is 1. The van der Waals surface area contributed by atoms with E-state index in [0.717, 1.165) is 28.6 Å². The first-order valence-corrected chi connectivity index (χ1v) is 8.19. The highest BCUT2D eigenvalue weighted by atomic mass is 16.3. The van der Waals surface area contributed by atoms with Gasteiger partial charge in [0.1, 0.15) is 11.2 Å². The molecule has 0 spiro atoms. The van der Waals surface area contributed by atoms with E-state index in [1.807, 2.05) is 47.9 Å². The Bertz CT molecular complexity index is 1170. The average Bonchev–Trinajstić information content (AvgIpc) is 3.21. The number of fused-ring (bicyclic) bond motifs is 4. The Hall–Kier alpha value is -3.28. The Kier molecular flexibility index (Phi) is 2.74. The predicted molar refractivity (Wildman–Crippen MR) is 96.4 cm³/mol. The van der Waals surface area contributed by atoms with Crippen LogP contribution in [0.2, 0.25) is 0 Å². The van der Waals surface area contributed by atoms with E-state index in [9.17, 15) is 4.79 Å². The lowest BCUT2D eigenvalue weighted by Gasteiger charge is -2.16. The van der Waals surface area contributed by atoms with Crippen molar-refractivity contribution in [3.05, 3.63) is 47.7 Å². The largest absolute Gasteiger partial charge is 0.436 e. The highest BCUT2D eigenvalue weighted by Gasteiger charge is 2.20. The first-order valence-electron chi connectivity index (χ1n) is 8.19. The number of amides is 1. The van der Waals surface area contributed by atoms with Crippen LogP contribution in [0.1, 0.15) is 16.1 Å². The molecule has 3 N–H and O–H groups in total. The molecule has 0 radical (unpaired) electrons. The Morgan fingerprint density at radius 1 is 1.24 bits per heavy atom. The molecular weight excluding hydrogens is 316 g/mol. The number of carbonyl (C=O) groups excluding carboxylic acids is 1. The molecule has 0 aliphatic carbocycles. The van der Waals surface area contributed by atoms with Crippen molar-refractivity contribution in [1.82, 2.24) is 14.9 Å². The number of benzene rings is 2. The summed E-state index contributed by atoms with van der Waals surface area (Å²) in [4.78, 5) is 16.6. The van der Waals surface area contributed by atoms with Crippen LogP contribution in [-0.2, 0) is 6.54 Å². The van der Waals surface area contributed by atoms with E-state index in [0.29, 0.717) is 34.9 Å². The zero-order valence-corrected chi connectivity index (χ0v) is 13.7. The van der Waals surface area contributed by atoms with Crippen LogP contribution >= 0.6 is 0 Å². The molecule has 0 bridgehead atoms. The van der Waals surface area contributed by atoms with Gasteiger partial charge in [-0.1, -0.05) is 12.1 Å². The highest BCUT2D eigenvalue weighted by molar-refractivity contribution is 6.00. The maximum Gasteiger partial charge on any atom is 0.268 e. The minimum Gasteiger partial charge on any atom is -0.436 e. The fourth-order valence-electron chi connectivity index (χ4n) is 3.43. The molecule has 0 fully saturated rings. The number of oxazole rings is 1. The fourth-order valence-corrected chi connectivity index (χ4v) is 3.43. The molecule has 6 nitrogen and oxygen atoms in total. The summed E-state index contributed by atoms with van der Waals surface area (Å²) >= 11 is 0. The molecule has 0 unspecified atom stereocenters. The summed E-state index contributed by atoms with van der Waals surface area (Å²) in [7, 11) is 0. The first kappa shape index (κ1) is 14.1. The van der Waals surface area contributed by atoms with Crippen molar-refractivity contribution in [2.75, 3.05) is 12.3 Å². The van der Waals surface area contributed by atoms with Crippen molar-refractivity contribution in [1.29, 1.82) is 0 Å². The van der Waals surface area contributed by atoms with Crippen LogP contribution in [0.3, 0.4) is 0 Å². The molecule has 4 aromatic rings. The summed E-state index contributed by atoms with van der Waals surface area (Å²) in [5, 5.41) is 3.90. The molecule has 2 aromatic carbocycles. The molecule has 2 aromatic heterocycles. The standard InChI is InChI=1S/C19H16N4O2/c1-10-2-5-15-17(16(10)20)22-19(25-15)12-4-3-11-8-14-18(24)21-6-7-23(14)13(11)9-12/h2-5,8-9H,6-7,20H2,1H3,(H,21,24). The number of nitrogens with one attached hydrogen (secondary N) is 1. The monoisotopic (exact) mass is 332 g/mol. The van der Waals surface area contributed by atoms with Crippen LogP contribution in [0.5, 0.6) is 0 Å². The van der Waals surface area contributed by atoms with Crippen LogP contribution in [0.15, 0.2) is 40.8 Å². The van der Waals surface area contributed by atoms with E-state index < -0.39 is 0 Å². The number of nitrogens with zero attached hydrogens (tertiary/aromatic N) is 2. The summed E-state index contributed by atoms with van der Waals surface area (Å²) in [5.41, 5.74) is 11.7. The molecule has 6 heteroatoms. The number of nitrogen functional groups attached to an aromatic ring is 1. The van der Waals surface area contributed by atoms with Gasteiger partial charge < -0.3 is 20.0 Å². The number of carbonyl (C=O) groups is 1. The second-order valence-corrected chi connectivity index (χ2v) is 6.37. The summed E-state index contributed by atoms with van der Waals surface area (Å²) in [6.07, 6.45) is 0. The number of aryl methyl sites for hydroxylation is 1. The van der Waals surface area contributed by atoms with Crippen molar-refractivity contribution < 1.29 is 9.21 Å². The molecule has 1 aliphatic rings. The van der Waals surface area contributed by atoms with Gasteiger partial charge in [0, 0.05) is 29.6 Å². The number of hydrogen-bond acceptors (Lipinski definition) is 4. The Labute approximate surface area is 143 Å². The van der Waals surface area contributed by atoms with Crippen molar-refractivity contribution >= 4 is 33.6 Å². The van der Waals surface area contributed by atoms with Crippen molar-refractivity contribution in [2.24, 2.45) is 0 Å². The lowest BCUT2D eigenvalue weighted by molar-refractivity contribution is 0.0929. The van der Waals surface area contributed by atoms with Crippen LogP contribution in [0.4, 0.5) is 5.69 Å². The van der Waals surface area contributed by atoms with Gasteiger partial charge >= 0.3 is 0 Å². The molecule has 124 valence electrons. The van der Waals surface area contributed by atoms with Gasteiger partial charge in [-0.3, -0.25) is 4.79 Å². The maximum absolute atomic E-state index is 12.0. The molecule has 25 heavy (non-hydrogen) atoms. The van der Waals surface area contributed by atoms with Gasteiger partial charge in [0.15, 0.2) is 5.58 Å².